The van der Waals surface area contributed by atoms with E-state index in [1.54, 1.807) is 11.3 Å². The molecule has 1 aromatic rings. The third-order valence-electron chi connectivity index (χ3n) is 2.13. The van der Waals surface area contributed by atoms with Gasteiger partial charge in [0.05, 0.1) is 0 Å². The first kappa shape index (κ1) is 11.5. The van der Waals surface area contributed by atoms with Gasteiger partial charge >= 0.3 is 0 Å². The highest BCUT2D eigenvalue weighted by Gasteiger charge is 2.21. The minimum atomic E-state index is 0.0110. The highest BCUT2D eigenvalue weighted by molar-refractivity contribution is 7.09. The lowest BCUT2D eigenvalue weighted by atomic mass is 9.95. The molecule has 0 aliphatic rings. The fourth-order valence-electron chi connectivity index (χ4n) is 1.20. The average Bonchev–Trinajstić information content (AvgIpc) is 2.27. The van der Waals surface area contributed by atoms with Gasteiger partial charge in [-0.2, -0.15) is 0 Å². The number of hydrogen-bond acceptors (Lipinski definition) is 2. The van der Waals surface area contributed by atoms with Gasteiger partial charge in [0.1, 0.15) is 0 Å². The first-order valence-electron chi connectivity index (χ1n) is 4.90. The van der Waals surface area contributed by atoms with Crippen LogP contribution in [0.15, 0.2) is 6.20 Å². The van der Waals surface area contributed by atoms with Gasteiger partial charge in [0.15, 0.2) is 4.80 Å². The molecule has 1 N–H and O–H groups in total. The molecule has 80 valence electrons. The standard InChI is InChI=1S/C11H20N2S/c1-10(2,3)8-7-13(9(12)14-8)11(4,5)6/h7,12H,1-6H3. The maximum atomic E-state index is 7.91. The van der Waals surface area contributed by atoms with E-state index in [4.69, 9.17) is 5.41 Å². The molecule has 1 heterocycles. The van der Waals surface area contributed by atoms with Crippen LogP contribution in [0.25, 0.3) is 0 Å². The van der Waals surface area contributed by atoms with E-state index in [9.17, 15) is 0 Å². The van der Waals surface area contributed by atoms with Crippen molar-refractivity contribution >= 4 is 11.3 Å². The van der Waals surface area contributed by atoms with Gasteiger partial charge in [-0.15, -0.1) is 11.3 Å². The summed E-state index contributed by atoms with van der Waals surface area (Å²) in [4.78, 5) is 1.92. The van der Waals surface area contributed by atoms with E-state index >= 15 is 0 Å². The van der Waals surface area contributed by atoms with Crippen molar-refractivity contribution in [3.8, 4) is 0 Å². The molecule has 14 heavy (non-hydrogen) atoms. The molecule has 0 unspecified atom stereocenters. The van der Waals surface area contributed by atoms with Crippen LogP contribution in [0, 0.1) is 5.41 Å². The summed E-state index contributed by atoms with van der Waals surface area (Å²) in [5.74, 6) is 0. The van der Waals surface area contributed by atoms with Gasteiger partial charge in [0, 0.05) is 16.6 Å². The van der Waals surface area contributed by atoms with Crippen LogP contribution in [-0.4, -0.2) is 4.57 Å². The highest BCUT2D eigenvalue weighted by Crippen LogP contribution is 2.26. The third-order valence-corrected chi connectivity index (χ3v) is 3.46. The lowest BCUT2D eigenvalue weighted by Gasteiger charge is -2.21. The van der Waals surface area contributed by atoms with Gasteiger partial charge in [-0.1, -0.05) is 20.8 Å². The number of nitrogens with zero attached hydrogens (tertiary/aromatic N) is 1. The Bertz CT molecular complexity index is 371. The molecule has 2 nitrogen and oxygen atoms in total. The Labute approximate surface area is 90.1 Å². The molecule has 0 aliphatic carbocycles. The Balaban J connectivity index is 3.26. The van der Waals surface area contributed by atoms with Crippen LogP contribution in [0.3, 0.4) is 0 Å². The minimum absolute atomic E-state index is 0.0110. The van der Waals surface area contributed by atoms with E-state index in [2.05, 4.69) is 47.7 Å². The first-order chi connectivity index (χ1) is 6.12. The molecule has 3 heteroatoms. The fourth-order valence-corrected chi connectivity index (χ4v) is 2.30. The topological polar surface area (TPSA) is 28.8 Å². The number of thiazole rings is 1. The molecule has 1 aromatic heterocycles. The Hall–Kier alpha value is -0.570. The molecule has 0 bridgehead atoms. The number of rotatable bonds is 0. The maximum Gasteiger partial charge on any atom is 0.182 e. The van der Waals surface area contributed by atoms with Crippen molar-refractivity contribution < 1.29 is 0 Å². The maximum absolute atomic E-state index is 7.91. The van der Waals surface area contributed by atoms with Crippen molar-refractivity contribution in [2.45, 2.75) is 52.5 Å². The molecule has 0 amide bonds. The molecule has 0 spiro atoms. The van der Waals surface area contributed by atoms with Crippen molar-refractivity contribution in [3.05, 3.63) is 15.9 Å². The van der Waals surface area contributed by atoms with E-state index in [1.807, 2.05) is 4.57 Å². The van der Waals surface area contributed by atoms with Crippen LogP contribution in [0.5, 0.6) is 0 Å². The Morgan fingerprint density at radius 1 is 1.14 bits per heavy atom. The van der Waals surface area contributed by atoms with Gasteiger partial charge < -0.3 is 4.57 Å². The molecular weight excluding hydrogens is 192 g/mol. The molecule has 0 radical (unpaired) electrons. The minimum Gasteiger partial charge on any atom is -0.319 e. The average molecular weight is 212 g/mol. The smallest absolute Gasteiger partial charge is 0.182 e. The SMILES string of the molecule is CC(C)(C)c1cn(C(C)(C)C)c(=N)s1. The number of nitrogens with one attached hydrogen (secondary N) is 1. The fraction of sp³-hybridized carbons (Fsp3) is 0.727. The molecule has 0 atom stereocenters. The van der Waals surface area contributed by atoms with E-state index in [0.717, 1.165) is 0 Å². The highest BCUT2D eigenvalue weighted by atomic mass is 32.1. The molecule has 0 saturated carbocycles. The summed E-state index contributed by atoms with van der Waals surface area (Å²) in [6.45, 7) is 12.9. The zero-order valence-corrected chi connectivity index (χ0v) is 10.7. The summed E-state index contributed by atoms with van der Waals surface area (Å²) in [6.07, 6.45) is 2.12. The zero-order valence-electron chi connectivity index (χ0n) is 9.93. The Morgan fingerprint density at radius 2 is 1.64 bits per heavy atom. The molecule has 0 fully saturated rings. The summed E-state index contributed by atoms with van der Waals surface area (Å²) in [5, 5.41) is 7.91. The van der Waals surface area contributed by atoms with Crippen molar-refractivity contribution in [3.63, 3.8) is 0 Å². The Morgan fingerprint density at radius 3 is 1.86 bits per heavy atom. The van der Waals surface area contributed by atoms with Gasteiger partial charge in [0.25, 0.3) is 0 Å². The van der Waals surface area contributed by atoms with Crippen LogP contribution < -0.4 is 4.80 Å². The molecular formula is C11H20N2S. The third kappa shape index (κ3) is 2.27. The second-order valence-electron chi connectivity index (χ2n) is 5.69. The van der Waals surface area contributed by atoms with Crippen molar-refractivity contribution in [2.75, 3.05) is 0 Å². The van der Waals surface area contributed by atoms with Crippen molar-refractivity contribution in [1.29, 1.82) is 5.41 Å². The zero-order chi connectivity index (χ0) is 11.1. The first-order valence-corrected chi connectivity index (χ1v) is 5.72. The van der Waals surface area contributed by atoms with Crippen LogP contribution in [0.1, 0.15) is 46.4 Å². The van der Waals surface area contributed by atoms with E-state index in [0.29, 0.717) is 4.80 Å². The predicted octanol–water partition coefficient (Wildman–Crippen LogP) is 3.08. The summed E-state index contributed by atoms with van der Waals surface area (Å²) in [5.41, 5.74) is 0.161. The van der Waals surface area contributed by atoms with Crippen LogP contribution >= 0.6 is 11.3 Å². The molecule has 0 saturated heterocycles. The van der Waals surface area contributed by atoms with Gasteiger partial charge in [-0.25, -0.2) is 0 Å². The predicted molar refractivity (Wildman–Crippen MR) is 61.9 cm³/mol. The molecule has 1 rings (SSSR count). The lowest BCUT2D eigenvalue weighted by molar-refractivity contribution is 0.383. The normalized spacial score (nSPS) is 13.3. The van der Waals surface area contributed by atoms with Crippen molar-refractivity contribution in [2.24, 2.45) is 0 Å². The monoisotopic (exact) mass is 212 g/mol. The van der Waals surface area contributed by atoms with Gasteiger partial charge in [-0.05, 0) is 26.2 Å². The number of hydrogen-bond donors (Lipinski definition) is 1. The summed E-state index contributed by atoms with van der Waals surface area (Å²) >= 11 is 1.58. The van der Waals surface area contributed by atoms with Crippen LogP contribution in [-0.2, 0) is 11.0 Å². The largest absolute Gasteiger partial charge is 0.319 e. The van der Waals surface area contributed by atoms with E-state index in [-0.39, 0.29) is 11.0 Å². The summed E-state index contributed by atoms with van der Waals surface area (Å²) in [7, 11) is 0. The summed E-state index contributed by atoms with van der Waals surface area (Å²) in [6, 6.07) is 0. The summed E-state index contributed by atoms with van der Waals surface area (Å²) < 4.78 is 2.04. The van der Waals surface area contributed by atoms with Crippen molar-refractivity contribution in [1.82, 2.24) is 4.57 Å². The lowest BCUT2D eigenvalue weighted by Crippen LogP contribution is -2.29. The molecule has 0 aliphatic heterocycles. The second kappa shape index (κ2) is 3.23. The molecule has 0 aromatic carbocycles. The van der Waals surface area contributed by atoms with E-state index < -0.39 is 0 Å². The number of aromatic nitrogens is 1. The Kier molecular flexibility index (Phi) is 2.65. The quantitative estimate of drug-likeness (QED) is 0.685. The van der Waals surface area contributed by atoms with Gasteiger partial charge in [0.2, 0.25) is 0 Å². The van der Waals surface area contributed by atoms with E-state index in [1.165, 1.54) is 4.88 Å². The van der Waals surface area contributed by atoms with Crippen LogP contribution in [0.2, 0.25) is 0 Å². The van der Waals surface area contributed by atoms with Gasteiger partial charge in [-0.3, -0.25) is 5.41 Å². The second-order valence-corrected chi connectivity index (χ2v) is 6.72. The van der Waals surface area contributed by atoms with Crippen LogP contribution in [0.4, 0.5) is 0 Å².